The maximum atomic E-state index is 5.78. The van der Waals surface area contributed by atoms with Crippen LogP contribution in [0.3, 0.4) is 0 Å². The van der Waals surface area contributed by atoms with Crippen molar-refractivity contribution in [2.24, 2.45) is 0 Å². The predicted molar refractivity (Wildman–Crippen MR) is 96.4 cm³/mol. The molecule has 0 atom stereocenters. The first-order chi connectivity index (χ1) is 12.3. The molecule has 1 fully saturated rings. The molecule has 2 heterocycles. The van der Waals surface area contributed by atoms with Crippen LogP contribution in [0.4, 0.5) is 0 Å². The number of hydrogen-bond donors (Lipinski definition) is 0. The van der Waals surface area contributed by atoms with Crippen LogP contribution in [0, 0.1) is 0 Å². The van der Waals surface area contributed by atoms with Crippen molar-refractivity contribution >= 4 is 0 Å². The summed E-state index contributed by atoms with van der Waals surface area (Å²) < 4.78 is 10.8. The SMILES string of the molecule is COCc1ncc(CN2CCN(CCOc3ccccc3)CC2)cn1. The minimum atomic E-state index is 0.462. The molecule has 0 spiro atoms. The fourth-order valence-electron chi connectivity index (χ4n) is 2.91. The molecule has 0 N–H and O–H groups in total. The highest BCUT2D eigenvalue weighted by Gasteiger charge is 2.17. The lowest BCUT2D eigenvalue weighted by Gasteiger charge is -2.34. The molecule has 3 rings (SSSR count). The summed E-state index contributed by atoms with van der Waals surface area (Å²) in [4.78, 5) is 13.6. The first-order valence-corrected chi connectivity index (χ1v) is 8.75. The molecule has 0 unspecified atom stereocenters. The Balaban J connectivity index is 1.35. The maximum Gasteiger partial charge on any atom is 0.153 e. The van der Waals surface area contributed by atoms with E-state index in [1.165, 1.54) is 0 Å². The van der Waals surface area contributed by atoms with Gasteiger partial charge in [0.2, 0.25) is 0 Å². The molecule has 1 aromatic heterocycles. The first kappa shape index (κ1) is 17.8. The summed E-state index contributed by atoms with van der Waals surface area (Å²) in [5.41, 5.74) is 1.15. The average Bonchev–Trinajstić information content (AvgIpc) is 2.66. The van der Waals surface area contributed by atoms with E-state index >= 15 is 0 Å². The summed E-state index contributed by atoms with van der Waals surface area (Å²) in [6.07, 6.45) is 3.81. The van der Waals surface area contributed by atoms with Crippen molar-refractivity contribution in [1.82, 2.24) is 19.8 Å². The average molecular weight is 342 g/mol. The van der Waals surface area contributed by atoms with Crippen LogP contribution >= 0.6 is 0 Å². The third-order valence-corrected chi connectivity index (χ3v) is 4.32. The molecule has 25 heavy (non-hydrogen) atoms. The normalized spacial score (nSPS) is 16.0. The smallest absolute Gasteiger partial charge is 0.153 e. The van der Waals surface area contributed by atoms with Crippen LogP contribution in [0.1, 0.15) is 11.4 Å². The standard InChI is InChI=1S/C19H26N4O2/c1-24-16-19-20-13-17(14-21-19)15-23-9-7-22(8-10-23)11-12-25-18-5-3-2-4-6-18/h2-6,13-14H,7-12,15-16H2,1H3. The summed E-state index contributed by atoms with van der Waals surface area (Å²) in [5.74, 6) is 1.67. The lowest BCUT2D eigenvalue weighted by molar-refractivity contribution is 0.112. The number of rotatable bonds is 8. The van der Waals surface area contributed by atoms with Crippen LogP contribution in [0.15, 0.2) is 42.7 Å². The van der Waals surface area contributed by atoms with Crippen LogP contribution in [-0.2, 0) is 17.9 Å². The quantitative estimate of drug-likeness (QED) is 0.729. The monoisotopic (exact) mass is 342 g/mol. The molecule has 1 saturated heterocycles. The summed E-state index contributed by atoms with van der Waals surface area (Å²) in [6, 6.07) is 10.00. The van der Waals surface area contributed by atoms with E-state index in [0.717, 1.165) is 63.0 Å². The minimum absolute atomic E-state index is 0.462. The van der Waals surface area contributed by atoms with E-state index < -0.39 is 0 Å². The molecule has 0 amide bonds. The van der Waals surface area contributed by atoms with Crippen molar-refractivity contribution in [1.29, 1.82) is 0 Å². The van der Waals surface area contributed by atoms with Gasteiger partial charge in [-0.25, -0.2) is 9.97 Å². The third kappa shape index (κ3) is 5.77. The van der Waals surface area contributed by atoms with Gasteiger partial charge >= 0.3 is 0 Å². The summed E-state index contributed by atoms with van der Waals surface area (Å²) in [7, 11) is 1.65. The Kier molecular flexibility index (Phi) is 6.73. The molecule has 0 saturated carbocycles. The highest BCUT2D eigenvalue weighted by Crippen LogP contribution is 2.10. The third-order valence-electron chi connectivity index (χ3n) is 4.32. The second kappa shape index (κ2) is 9.46. The first-order valence-electron chi connectivity index (χ1n) is 8.75. The number of piperazine rings is 1. The van der Waals surface area contributed by atoms with Gasteiger partial charge in [-0.2, -0.15) is 0 Å². The Morgan fingerprint density at radius 3 is 2.32 bits per heavy atom. The van der Waals surface area contributed by atoms with Gasteiger partial charge in [-0.3, -0.25) is 9.80 Å². The summed E-state index contributed by atoms with van der Waals surface area (Å²) in [5, 5.41) is 0. The van der Waals surface area contributed by atoms with Crippen molar-refractivity contribution in [3.05, 3.63) is 54.1 Å². The Morgan fingerprint density at radius 2 is 1.64 bits per heavy atom. The van der Waals surface area contributed by atoms with Gasteiger partial charge in [-0.1, -0.05) is 18.2 Å². The molecule has 1 aromatic carbocycles. The molecule has 0 radical (unpaired) electrons. The van der Waals surface area contributed by atoms with Gasteiger partial charge in [-0.05, 0) is 12.1 Å². The van der Waals surface area contributed by atoms with Gasteiger partial charge in [0.25, 0.3) is 0 Å². The number of benzene rings is 1. The Bertz CT molecular complexity index is 613. The molecule has 6 heteroatoms. The molecular formula is C19H26N4O2. The zero-order chi connectivity index (χ0) is 17.3. The molecule has 1 aliphatic rings. The Hall–Kier alpha value is -2.02. The van der Waals surface area contributed by atoms with E-state index in [4.69, 9.17) is 9.47 Å². The maximum absolute atomic E-state index is 5.78. The number of methoxy groups -OCH3 is 1. The van der Waals surface area contributed by atoms with Crippen LogP contribution < -0.4 is 4.74 Å². The molecule has 0 aliphatic carbocycles. The molecule has 2 aromatic rings. The molecule has 0 bridgehead atoms. The van der Waals surface area contributed by atoms with Crippen molar-refractivity contribution in [3.8, 4) is 5.75 Å². The largest absolute Gasteiger partial charge is 0.492 e. The highest BCUT2D eigenvalue weighted by molar-refractivity contribution is 5.20. The predicted octanol–water partition coefficient (Wildman–Crippen LogP) is 1.82. The number of hydrogen-bond acceptors (Lipinski definition) is 6. The van der Waals surface area contributed by atoms with Gasteiger partial charge < -0.3 is 9.47 Å². The summed E-state index contributed by atoms with van der Waals surface area (Å²) >= 11 is 0. The fourth-order valence-corrected chi connectivity index (χ4v) is 2.91. The van der Waals surface area contributed by atoms with Gasteiger partial charge in [0.15, 0.2) is 5.82 Å². The Morgan fingerprint density at radius 1 is 0.960 bits per heavy atom. The van der Waals surface area contributed by atoms with E-state index in [1.54, 1.807) is 7.11 Å². The van der Waals surface area contributed by atoms with Crippen LogP contribution in [0.2, 0.25) is 0 Å². The number of aromatic nitrogens is 2. The van der Waals surface area contributed by atoms with E-state index in [1.807, 2.05) is 42.7 Å². The second-order valence-electron chi connectivity index (χ2n) is 6.22. The molecule has 134 valence electrons. The van der Waals surface area contributed by atoms with Crippen molar-refractivity contribution in [3.63, 3.8) is 0 Å². The zero-order valence-corrected chi connectivity index (χ0v) is 14.8. The number of para-hydroxylation sites is 1. The second-order valence-corrected chi connectivity index (χ2v) is 6.22. The van der Waals surface area contributed by atoms with Crippen molar-refractivity contribution < 1.29 is 9.47 Å². The van der Waals surface area contributed by atoms with Crippen LogP contribution in [-0.4, -0.2) is 66.2 Å². The molecule has 6 nitrogen and oxygen atoms in total. The molecule has 1 aliphatic heterocycles. The molecular weight excluding hydrogens is 316 g/mol. The lowest BCUT2D eigenvalue weighted by Crippen LogP contribution is -2.47. The van der Waals surface area contributed by atoms with E-state index in [0.29, 0.717) is 6.61 Å². The summed E-state index contributed by atoms with van der Waals surface area (Å²) in [6.45, 7) is 7.33. The van der Waals surface area contributed by atoms with Crippen LogP contribution in [0.5, 0.6) is 5.75 Å². The van der Waals surface area contributed by atoms with Gasteiger partial charge in [0, 0.05) is 64.3 Å². The van der Waals surface area contributed by atoms with E-state index in [2.05, 4.69) is 19.8 Å². The van der Waals surface area contributed by atoms with Crippen molar-refractivity contribution in [2.45, 2.75) is 13.2 Å². The van der Waals surface area contributed by atoms with E-state index in [9.17, 15) is 0 Å². The zero-order valence-electron chi connectivity index (χ0n) is 14.8. The van der Waals surface area contributed by atoms with Crippen molar-refractivity contribution in [2.75, 3.05) is 46.4 Å². The highest BCUT2D eigenvalue weighted by atomic mass is 16.5. The van der Waals surface area contributed by atoms with Gasteiger partial charge in [-0.15, -0.1) is 0 Å². The number of ether oxygens (including phenoxy) is 2. The minimum Gasteiger partial charge on any atom is -0.492 e. The van der Waals surface area contributed by atoms with Crippen LogP contribution in [0.25, 0.3) is 0 Å². The lowest BCUT2D eigenvalue weighted by atomic mass is 10.2. The Labute approximate surface area is 149 Å². The fraction of sp³-hybridized carbons (Fsp3) is 0.474. The van der Waals surface area contributed by atoms with Gasteiger partial charge in [0.05, 0.1) is 0 Å². The van der Waals surface area contributed by atoms with E-state index in [-0.39, 0.29) is 0 Å². The van der Waals surface area contributed by atoms with Gasteiger partial charge in [0.1, 0.15) is 19.0 Å². The number of nitrogens with zero attached hydrogens (tertiary/aromatic N) is 4. The topological polar surface area (TPSA) is 50.7 Å².